The monoisotopic (exact) mass is 330 g/mol. The summed E-state index contributed by atoms with van der Waals surface area (Å²) in [7, 11) is 0. The topological polar surface area (TPSA) is 74.6 Å². The van der Waals surface area contributed by atoms with Gasteiger partial charge in [-0.2, -0.15) is 0 Å². The van der Waals surface area contributed by atoms with Gasteiger partial charge in [-0.05, 0) is 35.2 Å². The summed E-state index contributed by atoms with van der Waals surface area (Å²) in [6.45, 7) is 0.200. The number of Topliss-reactive ketones (excluding diaryl/α,β-unsaturated/α-hetero) is 1. The molecule has 0 amide bonds. The first-order valence-corrected chi connectivity index (χ1v) is 7.23. The minimum absolute atomic E-state index is 0.0209. The molecule has 2 N–H and O–H groups in total. The lowest BCUT2D eigenvalue weighted by Crippen LogP contribution is -2.04. The largest absolute Gasteiger partial charge is 0.481 e. The second-order valence-corrected chi connectivity index (χ2v) is 5.74. The third-order valence-corrected chi connectivity index (χ3v) is 3.62. The van der Waals surface area contributed by atoms with Crippen LogP contribution in [-0.2, 0) is 9.59 Å². The van der Waals surface area contributed by atoms with E-state index in [0.717, 1.165) is 23.7 Å². The lowest BCUT2D eigenvalue weighted by atomic mass is 10.1. The van der Waals surface area contributed by atoms with Crippen molar-refractivity contribution in [1.29, 1.82) is 0 Å². The van der Waals surface area contributed by atoms with Gasteiger partial charge in [0.05, 0.1) is 6.42 Å². The molecule has 1 rings (SSSR count). The van der Waals surface area contributed by atoms with Gasteiger partial charge in [0.1, 0.15) is 0 Å². The lowest BCUT2D eigenvalue weighted by molar-refractivity contribution is -0.137. The summed E-state index contributed by atoms with van der Waals surface area (Å²) in [5.74, 6) is -0.976. The summed E-state index contributed by atoms with van der Waals surface area (Å²) in [5, 5.41) is 17.4. The molecular formula is C14H19BrO4. The summed E-state index contributed by atoms with van der Waals surface area (Å²) in [4.78, 5) is 22.3. The molecule has 0 saturated carbocycles. The zero-order valence-corrected chi connectivity index (χ0v) is 12.4. The van der Waals surface area contributed by atoms with Crippen molar-refractivity contribution >= 4 is 27.7 Å². The number of rotatable bonds is 8. The molecular weight excluding hydrogens is 312 g/mol. The minimum atomic E-state index is -0.867. The number of halogens is 1. The highest BCUT2D eigenvalue weighted by atomic mass is 79.9. The maximum absolute atomic E-state index is 11.7. The standard InChI is InChI=1S/C14H19BrO4/c15-12(4-2-1-3-5-16)9-11-6-10(7-13(11)17)8-14(18)19/h4,6,10,16H,1-3,5,7-9H2,(H,18,19)/b12-4-/t10-/m1/s1. The van der Waals surface area contributed by atoms with Crippen LogP contribution in [-0.4, -0.2) is 28.6 Å². The number of carbonyl (C=O) groups is 2. The maximum Gasteiger partial charge on any atom is 0.303 e. The number of aliphatic hydroxyl groups is 1. The first-order valence-electron chi connectivity index (χ1n) is 6.44. The van der Waals surface area contributed by atoms with Gasteiger partial charge in [-0.1, -0.05) is 28.1 Å². The van der Waals surface area contributed by atoms with Gasteiger partial charge in [-0.3, -0.25) is 9.59 Å². The number of hydrogen-bond donors (Lipinski definition) is 2. The molecule has 0 aromatic heterocycles. The second kappa shape index (κ2) is 8.27. The van der Waals surface area contributed by atoms with Crippen LogP contribution in [0.3, 0.4) is 0 Å². The number of carbonyl (C=O) groups excluding carboxylic acids is 1. The predicted molar refractivity (Wildman–Crippen MR) is 76.0 cm³/mol. The van der Waals surface area contributed by atoms with Crippen LogP contribution in [0.15, 0.2) is 22.2 Å². The van der Waals surface area contributed by atoms with E-state index in [0.29, 0.717) is 18.4 Å². The number of allylic oxidation sites excluding steroid dienone is 4. The Labute approximate surface area is 121 Å². The van der Waals surface area contributed by atoms with E-state index in [4.69, 9.17) is 10.2 Å². The van der Waals surface area contributed by atoms with E-state index in [2.05, 4.69) is 15.9 Å². The zero-order chi connectivity index (χ0) is 14.3. The predicted octanol–water partition coefficient (Wildman–Crippen LogP) is 2.81. The lowest BCUT2D eigenvalue weighted by Gasteiger charge is -2.00. The van der Waals surface area contributed by atoms with E-state index >= 15 is 0 Å². The van der Waals surface area contributed by atoms with E-state index in [9.17, 15) is 9.59 Å². The van der Waals surface area contributed by atoms with Crippen LogP contribution in [0, 0.1) is 5.92 Å². The molecule has 1 aliphatic carbocycles. The number of unbranched alkanes of at least 4 members (excludes halogenated alkanes) is 2. The number of carboxylic acid groups (broad SMARTS) is 1. The van der Waals surface area contributed by atoms with Crippen molar-refractivity contribution < 1.29 is 19.8 Å². The third kappa shape index (κ3) is 6.16. The van der Waals surface area contributed by atoms with Gasteiger partial charge in [-0.15, -0.1) is 0 Å². The number of hydrogen-bond acceptors (Lipinski definition) is 3. The van der Waals surface area contributed by atoms with Crippen molar-refractivity contribution in [3.8, 4) is 0 Å². The first kappa shape index (κ1) is 16.1. The highest BCUT2D eigenvalue weighted by Crippen LogP contribution is 2.29. The molecule has 1 atom stereocenters. The highest BCUT2D eigenvalue weighted by Gasteiger charge is 2.25. The third-order valence-electron chi connectivity index (χ3n) is 3.02. The molecule has 0 radical (unpaired) electrons. The maximum atomic E-state index is 11.7. The second-order valence-electron chi connectivity index (χ2n) is 4.72. The van der Waals surface area contributed by atoms with Crippen molar-refractivity contribution in [1.82, 2.24) is 0 Å². The first-order chi connectivity index (χ1) is 9.02. The van der Waals surface area contributed by atoms with E-state index < -0.39 is 5.97 Å². The number of ketones is 1. The van der Waals surface area contributed by atoms with Crippen LogP contribution < -0.4 is 0 Å². The fraction of sp³-hybridized carbons (Fsp3) is 0.571. The van der Waals surface area contributed by atoms with Crippen molar-refractivity contribution in [3.63, 3.8) is 0 Å². The fourth-order valence-electron chi connectivity index (χ4n) is 2.09. The normalized spacial score (nSPS) is 19.7. The van der Waals surface area contributed by atoms with Gasteiger partial charge < -0.3 is 10.2 Å². The van der Waals surface area contributed by atoms with Gasteiger partial charge in [-0.25, -0.2) is 0 Å². The molecule has 19 heavy (non-hydrogen) atoms. The molecule has 0 heterocycles. The van der Waals surface area contributed by atoms with E-state index in [1.807, 2.05) is 6.08 Å². The zero-order valence-electron chi connectivity index (χ0n) is 10.8. The molecule has 0 aromatic rings. The van der Waals surface area contributed by atoms with Crippen molar-refractivity contribution in [2.75, 3.05) is 6.61 Å². The average molecular weight is 331 g/mol. The molecule has 0 bridgehead atoms. The van der Waals surface area contributed by atoms with Crippen molar-refractivity contribution in [3.05, 3.63) is 22.2 Å². The SMILES string of the molecule is O=C(O)C[C@@H]1C=C(C/C(Br)=C/CCCCO)C(=O)C1. The average Bonchev–Trinajstić information content (AvgIpc) is 2.64. The van der Waals surface area contributed by atoms with Crippen LogP contribution in [0.5, 0.6) is 0 Å². The van der Waals surface area contributed by atoms with E-state index in [1.165, 1.54) is 0 Å². The van der Waals surface area contributed by atoms with Gasteiger partial charge >= 0.3 is 5.97 Å². The molecule has 0 aromatic carbocycles. The Morgan fingerprint density at radius 3 is 2.84 bits per heavy atom. The molecule has 1 aliphatic rings. The Morgan fingerprint density at radius 1 is 1.47 bits per heavy atom. The van der Waals surface area contributed by atoms with Crippen molar-refractivity contribution in [2.45, 2.75) is 38.5 Å². The van der Waals surface area contributed by atoms with Crippen LogP contribution in [0.2, 0.25) is 0 Å². The Bertz CT molecular complexity index is 398. The smallest absolute Gasteiger partial charge is 0.303 e. The Balaban J connectivity index is 2.46. The summed E-state index contributed by atoms with van der Waals surface area (Å²) in [5.41, 5.74) is 0.705. The van der Waals surface area contributed by atoms with E-state index in [-0.39, 0.29) is 24.7 Å². The van der Waals surface area contributed by atoms with Crippen LogP contribution in [0.25, 0.3) is 0 Å². The van der Waals surface area contributed by atoms with Gasteiger partial charge in [0.15, 0.2) is 5.78 Å². The molecule has 0 unspecified atom stereocenters. The minimum Gasteiger partial charge on any atom is -0.481 e. The molecule has 5 heteroatoms. The molecule has 4 nitrogen and oxygen atoms in total. The van der Waals surface area contributed by atoms with Gasteiger partial charge in [0, 0.05) is 19.4 Å². The Hall–Kier alpha value is -0.940. The van der Waals surface area contributed by atoms with Gasteiger partial charge in [0.25, 0.3) is 0 Å². The Morgan fingerprint density at radius 2 is 2.21 bits per heavy atom. The molecule has 0 aliphatic heterocycles. The van der Waals surface area contributed by atoms with Crippen LogP contribution in [0.1, 0.15) is 38.5 Å². The van der Waals surface area contributed by atoms with E-state index in [1.54, 1.807) is 6.08 Å². The van der Waals surface area contributed by atoms with Gasteiger partial charge in [0.2, 0.25) is 0 Å². The molecule has 0 spiro atoms. The summed E-state index contributed by atoms with van der Waals surface area (Å²) in [6, 6.07) is 0. The van der Waals surface area contributed by atoms with Crippen LogP contribution >= 0.6 is 15.9 Å². The number of aliphatic hydroxyl groups excluding tert-OH is 1. The Kier molecular flexibility index (Phi) is 7.02. The molecule has 106 valence electrons. The summed E-state index contributed by atoms with van der Waals surface area (Å²) >= 11 is 3.43. The molecule has 0 saturated heterocycles. The highest BCUT2D eigenvalue weighted by molar-refractivity contribution is 9.11. The van der Waals surface area contributed by atoms with Crippen molar-refractivity contribution in [2.24, 2.45) is 5.92 Å². The number of carboxylic acids is 1. The number of aliphatic carboxylic acids is 1. The fourth-order valence-corrected chi connectivity index (χ4v) is 2.62. The quantitative estimate of drug-likeness (QED) is 0.671. The summed E-state index contributed by atoms with van der Waals surface area (Å²) < 4.78 is 0.945. The van der Waals surface area contributed by atoms with Crippen LogP contribution in [0.4, 0.5) is 0 Å². The summed E-state index contributed by atoms with van der Waals surface area (Å²) in [6.07, 6.45) is 7.22. The molecule has 0 fully saturated rings.